The maximum atomic E-state index is 13.9. The maximum absolute atomic E-state index is 13.9. The number of aromatic nitrogens is 3. The third kappa shape index (κ3) is 3.90. The molecule has 0 unspecified atom stereocenters. The Hall–Kier alpha value is -3.16. The van der Waals surface area contributed by atoms with Crippen LogP contribution in [0.25, 0.3) is 0 Å². The van der Waals surface area contributed by atoms with Gasteiger partial charge >= 0.3 is 0 Å². The van der Waals surface area contributed by atoms with Crippen molar-refractivity contribution in [2.24, 2.45) is 0 Å². The number of carbonyl (C=O) groups excluding carboxylic acids is 1. The lowest BCUT2D eigenvalue weighted by molar-refractivity contribution is 0.0929. The minimum absolute atomic E-state index is 0.154. The second-order valence-corrected chi connectivity index (χ2v) is 6.74. The highest BCUT2D eigenvalue weighted by Gasteiger charge is 2.23. The Balaban J connectivity index is 1.79. The Labute approximate surface area is 162 Å². The minimum atomic E-state index is -0.483. The molecule has 28 heavy (non-hydrogen) atoms. The first-order valence-electron chi connectivity index (χ1n) is 8.90. The molecule has 0 radical (unpaired) electrons. The average molecular weight is 386 g/mol. The second-order valence-electron chi connectivity index (χ2n) is 6.74. The molecule has 0 bridgehead atoms. The van der Waals surface area contributed by atoms with E-state index in [1.807, 2.05) is 19.9 Å². The number of aryl methyl sites for hydroxylation is 3. The zero-order valence-electron chi connectivity index (χ0n) is 16.5. The highest BCUT2D eigenvalue weighted by molar-refractivity contribution is 5.94. The van der Waals surface area contributed by atoms with Gasteiger partial charge in [0, 0.05) is 11.3 Å². The van der Waals surface area contributed by atoms with Gasteiger partial charge in [-0.3, -0.25) is 9.48 Å². The first-order valence-corrected chi connectivity index (χ1v) is 8.90. The van der Waals surface area contributed by atoms with E-state index in [0.29, 0.717) is 23.4 Å². The van der Waals surface area contributed by atoms with E-state index in [9.17, 15) is 9.18 Å². The fourth-order valence-corrected chi connectivity index (χ4v) is 3.04. The summed E-state index contributed by atoms with van der Waals surface area (Å²) < 4.78 is 25.9. The van der Waals surface area contributed by atoms with E-state index >= 15 is 0 Å². The molecular formula is C20H23FN4O3. The average Bonchev–Trinajstić information content (AvgIpc) is 3.17. The number of nitrogens with zero attached hydrogens (tertiary/aromatic N) is 3. The van der Waals surface area contributed by atoms with Crippen molar-refractivity contribution < 1.29 is 18.4 Å². The number of hydrogen-bond donors (Lipinski definition) is 1. The van der Waals surface area contributed by atoms with Gasteiger partial charge in [-0.2, -0.15) is 5.10 Å². The molecule has 0 aliphatic heterocycles. The zero-order chi connectivity index (χ0) is 20.4. The Morgan fingerprint density at radius 2 is 2.07 bits per heavy atom. The van der Waals surface area contributed by atoms with Gasteiger partial charge in [0.15, 0.2) is 17.3 Å². The van der Waals surface area contributed by atoms with E-state index in [2.05, 4.69) is 15.6 Å². The third-order valence-corrected chi connectivity index (χ3v) is 4.63. The highest BCUT2D eigenvalue weighted by Crippen LogP contribution is 2.23. The van der Waals surface area contributed by atoms with Gasteiger partial charge in [-0.15, -0.1) is 0 Å². The van der Waals surface area contributed by atoms with Gasteiger partial charge in [-0.05, 0) is 51.5 Å². The Kier molecular flexibility index (Phi) is 5.48. The van der Waals surface area contributed by atoms with E-state index in [-0.39, 0.29) is 11.4 Å². The van der Waals surface area contributed by atoms with Crippen molar-refractivity contribution in [2.45, 2.75) is 40.3 Å². The Morgan fingerprint density at radius 1 is 1.32 bits per heavy atom. The van der Waals surface area contributed by atoms with Crippen LogP contribution in [0, 0.1) is 26.6 Å². The van der Waals surface area contributed by atoms with E-state index in [0.717, 1.165) is 11.4 Å². The number of carbonyl (C=O) groups is 1. The fourth-order valence-electron chi connectivity index (χ4n) is 3.04. The molecule has 148 valence electrons. The molecule has 3 aromatic rings. The second kappa shape index (κ2) is 7.84. The van der Waals surface area contributed by atoms with Crippen LogP contribution in [0.2, 0.25) is 0 Å². The van der Waals surface area contributed by atoms with Gasteiger partial charge < -0.3 is 14.6 Å². The molecule has 1 amide bonds. The smallest absolute Gasteiger partial charge is 0.274 e. The highest BCUT2D eigenvalue weighted by atomic mass is 19.1. The number of methoxy groups -OCH3 is 1. The van der Waals surface area contributed by atoms with Gasteiger partial charge in [0.25, 0.3) is 5.91 Å². The summed E-state index contributed by atoms with van der Waals surface area (Å²) in [4.78, 5) is 12.8. The van der Waals surface area contributed by atoms with Crippen LogP contribution < -0.4 is 10.1 Å². The molecule has 0 aliphatic rings. The van der Waals surface area contributed by atoms with E-state index in [1.165, 1.54) is 19.2 Å². The van der Waals surface area contributed by atoms with Gasteiger partial charge in [0.05, 0.1) is 25.4 Å². The lowest BCUT2D eigenvalue weighted by atomic mass is 10.1. The SMILES string of the molecule is COc1ccc([C@@H](C)NC(=O)c2noc(C)c2Cn2nc(C)cc2C)cc1F. The molecular weight excluding hydrogens is 363 g/mol. The molecule has 1 N–H and O–H groups in total. The molecule has 2 heterocycles. The summed E-state index contributed by atoms with van der Waals surface area (Å²) >= 11 is 0. The molecule has 3 rings (SSSR count). The summed E-state index contributed by atoms with van der Waals surface area (Å²) in [6, 6.07) is 6.11. The number of ether oxygens (including phenoxy) is 1. The summed E-state index contributed by atoms with van der Waals surface area (Å²) in [7, 11) is 1.40. The van der Waals surface area contributed by atoms with Crippen molar-refractivity contribution in [3.05, 3.63) is 64.1 Å². The molecule has 0 saturated heterocycles. The molecule has 0 saturated carbocycles. The van der Waals surface area contributed by atoms with Crippen molar-refractivity contribution >= 4 is 5.91 Å². The monoisotopic (exact) mass is 386 g/mol. The summed E-state index contributed by atoms with van der Waals surface area (Å²) in [5.74, 6) is -0.164. The van der Waals surface area contributed by atoms with E-state index in [1.54, 1.807) is 24.6 Å². The van der Waals surface area contributed by atoms with Crippen molar-refractivity contribution in [1.29, 1.82) is 0 Å². The third-order valence-electron chi connectivity index (χ3n) is 4.63. The molecule has 1 atom stereocenters. The molecule has 2 aromatic heterocycles. The predicted molar refractivity (Wildman–Crippen MR) is 101 cm³/mol. The van der Waals surface area contributed by atoms with Gasteiger partial charge in [0.1, 0.15) is 5.76 Å². The van der Waals surface area contributed by atoms with Crippen LogP contribution in [-0.2, 0) is 6.54 Å². The van der Waals surface area contributed by atoms with Crippen LogP contribution in [-0.4, -0.2) is 28.0 Å². The van der Waals surface area contributed by atoms with Crippen molar-refractivity contribution in [3.8, 4) is 5.75 Å². The molecule has 7 nitrogen and oxygen atoms in total. The molecule has 8 heteroatoms. The topological polar surface area (TPSA) is 82.2 Å². The normalized spacial score (nSPS) is 12.1. The van der Waals surface area contributed by atoms with Crippen LogP contribution >= 0.6 is 0 Å². The minimum Gasteiger partial charge on any atom is -0.494 e. The first-order chi connectivity index (χ1) is 13.3. The lowest BCUT2D eigenvalue weighted by Gasteiger charge is -2.15. The standard InChI is InChI=1S/C20H23FN4O3/c1-11-8-12(2)25(23-11)10-16-14(4)28-24-19(16)20(26)22-13(3)15-6-7-18(27-5)17(21)9-15/h6-9,13H,10H2,1-5H3,(H,22,26)/t13-/m1/s1. The van der Waals surface area contributed by atoms with E-state index < -0.39 is 17.8 Å². The molecule has 0 aliphatic carbocycles. The fraction of sp³-hybridized carbons (Fsp3) is 0.350. The number of halogens is 1. The van der Waals surface area contributed by atoms with Crippen LogP contribution in [0.1, 0.15) is 51.7 Å². The quantitative estimate of drug-likeness (QED) is 0.701. The lowest BCUT2D eigenvalue weighted by Crippen LogP contribution is -2.28. The number of hydrogen-bond acceptors (Lipinski definition) is 5. The zero-order valence-corrected chi connectivity index (χ0v) is 16.5. The van der Waals surface area contributed by atoms with E-state index in [4.69, 9.17) is 9.26 Å². The van der Waals surface area contributed by atoms with Crippen LogP contribution in [0.3, 0.4) is 0 Å². The predicted octanol–water partition coefficient (Wildman–Crippen LogP) is 3.48. The number of benzene rings is 1. The Morgan fingerprint density at radius 3 is 2.68 bits per heavy atom. The number of rotatable bonds is 6. The van der Waals surface area contributed by atoms with Crippen LogP contribution in [0.5, 0.6) is 5.75 Å². The summed E-state index contributed by atoms with van der Waals surface area (Å²) in [5.41, 5.74) is 3.36. The van der Waals surface area contributed by atoms with Crippen LogP contribution in [0.15, 0.2) is 28.8 Å². The Bertz CT molecular complexity index is 1010. The van der Waals surface area contributed by atoms with Crippen LogP contribution in [0.4, 0.5) is 4.39 Å². The van der Waals surface area contributed by atoms with Gasteiger partial charge in [0.2, 0.25) is 0 Å². The van der Waals surface area contributed by atoms with Gasteiger partial charge in [-0.1, -0.05) is 11.2 Å². The van der Waals surface area contributed by atoms with Crippen molar-refractivity contribution in [3.63, 3.8) is 0 Å². The summed E-state index contributed by atoms with van der Waals surface area (Å²) in [6.07, 6.45) is 0. The van der Waals surface area contributed by atoms with Crippen molar-refractivity contribution in [2.75, 3.05) is 7.11 Å². The maximum Gasteiger partial charge on any atom is 0.274 e. The number of nitrogens with one attached hydrogen (secondary N) is 1. The summed E-state index contributed by atoms with van der Waals surface area (Å²) in [6.45, 7) is 7.76. The van der Waals surface area contributed by atoms with Crippen molar-refractivity contribution in [1.82, 2.24) is 20.3 Å². The summed E-state index contributed by atoms with van der Waals surface area (Å²) in [5, 5.41) is 11.2. The first kappa shape index (κ1) is 19.6. The van der Waals surface area contributed by atoms with Gasteiger partial charge in [-0.25, -0.2) is 4.39 Å². The molecule has 0 fully saturated rings. The molecule has 0 spiro atoms. The largest absolute Gasteiger partial charge is 0.494 e. The number of amides is 1. The molecule has 1 aromatic carbocycles.